The van der Waals surface area contributed by atoms with Crippen molar-refractivity contribution < 1.29 is 15.0 Å². The van der Waals surface area contributed by atoms with Gasteiger partial charge >= 0.3 is 0 Å². The fourth-order valence-corrected chi connectivity index (χ4v) is 3.80. The van der Waals surface area contributed by atoms with Gasteiger partial charge in [0.25, 0.3) is 5.91 Å². The van der Waals surface area contributed by atoms with Gasteiger partial charge in [-0.3, -0.25) is 4.79 Å². The number of amides is 1. The summed E-state index contributed by atoms with van der Waals surface area (Å²) in [6.45, 7) is 1.86. The van der Waals surface area contributed by atoms with E-state index in [1.54, 1.807) is 0 Å². The van der Waals surface area contributed by atoms with Crippen LogP contribution >= 0.6 is 0 Å². The summed E-state index contributed by atoms with van der Waals surface area (Å²) in [5.74, 6) is 0.279. The summed E-state index contributed by atoms with van der Waals surface area (Å²) < 4.78 is 0. The molecule has 2 aliphatic carbocycles. The molecule has 2 fully saturated rings. The molecule has 2 saturated carbocycles. The molecular formula is C18H29N5O3. The number of rotatable bonds is 5. The molecule has 3 rings (SSSR count). The van der Waals surface area contributed by atoms with E-state index >= 15 is 0 Å². The van der Waals surface area contributed by atoms with Crippen LogP contribution in [0.4, 0.5) is 11.8 Å². The first-order valence-electron chi connectivity index (χ1n) is 9.43. The van der Waals surface area contributed by atoms with Crippen molar-refractivity contribution in [1.82, 2.24) is 9.97 Å². The Balaban J connectivity index is 1.70. The molecule has 1 amide bonds. The molecule has 8 heteroatoms. The Morgan fingerprint density at radius 3 is 2.62 bits per heavy atom. The largest absolute Gasteiger partial charge is 0.393 e. The Bertz CT molecular complexity index is 642. The zero-order chi connectivity index (χ0) is 18.7. The summed E-state index contributed by atoms with van der Waals surface area (Å²) in [5, 5.41) is 26.5. The number of nitrogens with one attached hydrogen (secondary N) is 2. The number of aromatic nitrogens is 2. The van der Waals surface area contributed by atoms with Crippen LogP contribution in [0.3, 0.4) is 0 Å². The number of carbonyl (C=O) groups is 1. The second-order valence-corrected chi connectivity index (χ2v) is 7.90. The van der Waals surface area contributed by atoms with Gasteiger partial charge in [0.2, 0.25) is 5.95 Å². The summed E-state index contributed by atoms with van der Waals surface area (Å²) in [7, 11) is 0. The first kappa shape index (κ1) is 18.8. The Labute approximate surface area is 153 Å². The van der Waals surface area contributed by atoms with Gasteiger partial charge in [0.15, 0.2) is 0 Å². The standard InChI is InChI=1S/C18H29N5O3/c1-18(26)7-5-11(6-8-18)22-17-20-10-14(15(19)25)16(23-17)21-12-3-2-4-13(24)9-12/h10-13,24,26H,2-9H2,1H3,(H2,19,25)(H2,20,21,22,23)/t11-,12?,13-,18-/m0/s1. The Morgan fingerprint density at radius 2 is 1.96 bits per heavy atom. The second-order valence-electron chi connectivity index (χ2n) is 7.90. The van der Waals surface area contributed by atoms with Crippen molar-refractivity contribution in [2.45, 2.75) is 82.1 Å². The molecule has 2 atom stereocenters. The van der Waals surface area contributed by atoms with Gasteiger partial charge in [0.05, 0.1) is 17.3 Å². The van der Waals surface area contributed by atoms with Crippen molar-refractivity contribution in [3.8, 4) is 0 Å². The molecule has 1 aromatic heterocycles. The van der Waals surface area contributed by atoms with Gasteiger partial charge in [-0.2, -0.15) is 4.98 Å². The van der Waals surface area contributed by atoms with Crippen LogP contribution in [0.2, 0.25) is 0 Å². The number of anilines is 2. The van der Waals surface area contributed by atoms with E-state index in [1.165, 1.54) is 6.20 Å². The minimum Gasteiger partial charge on any atom is -0.393 e. The molecule has 1 unspecified atom stereocenters. The highest BCUT2D eigenvalue weighted by molar-refractivity contribution is 5.97. The van der Waals surface area contributed by atoms with Crippen LogP contribution in [0.1, 0.15) is 68.6 Å². The van der Waals surface area contributed by atoms with Crippen molar-refractivity contribution in [2.75, 3.05) is 10.6 Å². The summed E-state index contributed by atoms with van der Waals surface area (Å²) in [6, 6.07) is 0.253. The fourth-order valence-electron chi connectivity index (χ4n) is 3.80. The second kappa shape index (κ2) is 7.75. The van der Waals surface area contributed by atoms with Gasteiger partial charge in [-0.25, -0.2) is 4.98 Å². The third-order valence-electron chi connectivity index (χ3n) is 5.44. The topological polar surface area (TPSA) is 133 Å². The summed E-state index contributed by atoms with van der Waals surface area (Å²) in [5.41, 5.74) is 5.11. The molecule has 0 saturated heterocycles. The number of aliphatic hydroxyl groups is 2. The van der Waals surface area contributed by atoms with Gasteiger partial charge in [-0.05, 0) is 58.3 Å². The molecule has 0 bridgehead atoms. The number of nitrogens with two attached hydrogens (primary N) is 1. The minimum absolute atomic E-state index is 0.0596. The van der Waals surface area contributed by atoms with E-state index in [2.05, 4.69) is 20.6 Å². The van der Waals surface area contributed by atoms with E-state index in [0.29, 0.717) is 18.2 Å². The zero-order valence-electron chi connectivity index (χ0n) is 15.2. The van der Waals surface area contributed by atoms with E-state index < -0.39 is 11.5 Å². The quantitative estimate of drug-likeness (QED) is 0.534. The number of primary amides is 1. The van der Waals surface area contributed by atoms with E-state index in [4.69, 9.17) is 5.73 Å². The zero-order valence-corrected chi connectivity index (χ0v) is 15.2. The molecule has 1 heterocycles. The average Bonchev–Trinajstić information content (AvgIpc) is 2.57. The maximum absolute atomic E-state index is 11.7. The van der Waals surface area contributed by atoms with Crippen LogP contribution in [0.25, 0.3) is 0 Å². The first-order chi connectivity index (χ1) is 12.3. The van der Waals surface area contributed by atoms with Crippen LogP contribution in [0.5, 0.6) is 0 Å². The van der Waals surface area contributed by atoms with Crippen molar-refractivity contribution in [3.63, 3.8) is 0 Å². The normalized spacial score (nSPS) is 32.0. The number of hydrogen-bond acceptors (Lipinski definition) is 7. The lowest BCUT2D eigenvalue weighted by Gasteiger charge is -2.33. The number of hydrogen-bond donors (Lipinski definition) is 5. The van der Waals surface area contributed by atoms with E-state index in [0.717, 1.165) is 44.9 Å². The summed E-state index contributed by atoms with van der Waals surface area (Å²) >= 11 is 0. The van der Waals surface area contributed by atoms with Crippen molar-refractivity contribution in [3.05, 3.63) is 11.8 Å². The van der Waals surface area contributed by atoms with Crippen LogP contribution in [0.15, 0.2) is 6.20 Å². The fraction of sp³-hybridized carbons (Fsp3) is 0.722. The molecular weight excluding hydrogens is 334 g/mol. The predicted molar refractivity (Wildman–Crippen MR) is 98.9 cm³/mol. The lowest BCUT2D eigenvalue weighted by molar-refractivity contribution is 0.0195. The molecule has 8 nitrogen and oxygen atoms in total. The maximum Gasteiger partial charge on any atom is 0.254 e. The number of aliphatic hydroxyl groups excluding tert-OH is 1. The summed E-state index contributed by atoms with van der Waals surface area (Å²) in [6.07, 6.45) is 7.54. The highest BCUT2D eigenvalue weighted by Crippen LogP contribution is 2.29. The molecule has 2 aliphatic rings. The molecule has 0 aliphatic heterocycles. The van der Waals surface area contributed by atoms with Crippen molar-refractivity contribution >= 4 is 17.7 Å². The van der Waals surface area contributed by atoms with E-state index in [-0.39, 0.29) is 23.8 Å². The van der Waals surface area contributed by atoms with Crippen LogP contribution in [0, 0.1) is 0 Å². The molecule has 0 radical (unpaired) electrons. The first-order valence-corrected chi connectivity index (χ1v) is 9.43. The molecule has 0 spiro atoms. The molecule has 144 valence electrons. The van der Waals surface area contributed by atoms with Gasteiger partial charge in [0, 0.05) is 18.3 Å². The van der Waals surface area contributed by atoms with Gasteiger partial charge in [-0.1, -0.05) is 0 Å². The van der Waals surface area contributed by atoms with E-state index in [9.17, 15) is 15.0 Å². The molecule has 6 N–H and O–H groups in total. The lowest BCUT2D eigenvalue weighted by Crippen LogP contribution is -2.36. The monoisotopic (exact) mass is 363 g/mol. The van der Waals surface area contributed by atoms with Crippen LogP contribution in [-0.2, 0) is 0 Å². The Kier molecular flexibility index (Phi) is 5.62. The molecule has 26 heavy (non-hydrogen) atoms. The van der Waals surface area contributed by atoms with Gasteiger partial charge < -0.3 is 26.6 Å². The van der Waals surface area contributed by atoms with Crippen molar-refractivity contribution in [2.24, 2.45) is 5.73 Å². The highest BCUT2D eigenvalue weighted by Gasteiger charge is 2.29. The van der Waals surface area contributed by atoms with Gasteiger partial charge in [-0.15, -0.1) is 0 Å². The Hall–Kier alpha value is -1.93. The highest BCUT2D eigenvalue weighted by atomic mass is 16.3. The predicted octanol–water partition coefficient (Wildman–Crippen LogP) is 1.40. The molecule has 1 aromatic rings. The third kappa shape index (κ3) is 4.82. The number of carbonyl (C=O) groups excluding carboxylic acids is 1. The Morgan fingerprint density at radius 1 is 1.23 bits per heavy atom. The lowest BCUT2D eigenvalue weighted by atomic mass is 9.84. The van der Waals surface area contributed by atoms with Gasteiger partial charge in [0.1, 0.15) is 5.82 Å². The third-order valence-corrected chi connectivity index (χ3v) is 5.44. The van der Waals surface area contributed by atoms with Crippen LogP contribution < -0.4 is 16.4 Å². The number of nitrogens with zero attached hydrogens (tertiary/aromatic N) is 2. The SMILES string of the molecule is C[C@]1(O)CC[C@H](Nc2ncc(C(N)=O)c(NC3CCC[C@H](O)C3)n2)CC1. The average molecular weight is 363 g/mol. The smallest absolute Gasteiger partial charge is 0.254 e. The maximum atomic E-state index is 11.7. The van der Waals surface area contributed by atoms with E-state index in [1.807, 2.05) is 6.92 Å². The van der Waals surface area contributed by atoms with Crippen molar-refractivity contribution in [1.29, 1.82) is 0 Å². The summed E-state index contributed by atoms with van der Waals surface area (Å²) in [4.78, 5) is 20.4. The molecule has 0 aromatic carbocycles. The van der Waals surface area contributed by atoms with Crippen LogP contribution in [-0.4, -0.2) is 49.9 Å². The minimum atomic E-state index is -0.594.